The molecule has 1 heteroatoms. The molecule has 0 unspecified atom stereocenters. The maximum Gasteiger partial charge on any atom is 0.0465 e. The third-order valence-corrected chi connectivity index (χ3v) is 1.58. The Morgan fingerprint density at radius 2 is 1.46 bits per heavy atom. The lowest BCUT2D eigenvalue weighted by Crippen LogP contribution is -1.75. The average molecular weight is 180 g/mol. The van der Waals surface area contributed by atoms with E-state index in [1.807, 2.05) is 6.08 Å². The number of aliphatic hydroxyl groups is 1. The first-order valence-corrected chi connectivity index (χ1v) is 4.99. The SMILES string of the molecule is CC/C=C/C=C\CC/C=C\CCO. The summed E-state index contributed by atoms with van der Waals surface area (Å²) in [6.45, 7) is 2.38. The molecular formula is C12H20O. The van der Waals surface area contributed by atoms with E-state index in [4.69, 9.17) is 5.11 Å². The van der Waals surface area contributed by atoms with Gasteiger partial charge in [-0.25, -0.2) is 0 Å². The second-order valence-corrected chi connectivity index (χ2v) is 2.83. The van der Waals surface area contributed by atoms with Crippen molar-refractivity contribution in [1.29, 1.82) is 0 Å². The normalized spacial score (nSPS) is 12.5. The Hall–Kier alpha value is -0.820. The molecule has 0 aromatic carbocycles. The van der Waals surface area contributed by atoms with Crippen molar-refractivity contribution in [2.75, 3.05) is 6.61 Å². The van der Waals surface area contributed by atoms with Gasteiger partial charge in [-0.3, -0.25) is 0 Å². The van der Waals surface area contributed by atoms with Gasteiger partial charge in [-0.2, -0.15) is 0 Å². The maximum absolute atomic E-state index is 8.49. The van der Waals surface area contributed by atoms with Crippen LogP contribution in [-0.2, 0) is 0 Å². The summed E-state index contributed by atoms with van der Waals surface area (Å²) < 4.78 is 0. The fourth-order valence-corrected chi connectivity index (χ4v) is 0.892. The molecular weight excluding hydrogens is 160 g/mol. The van der Waals surface area contributed by atoms with Crippen LogP contribution in [0.3, 0.4) is 0 Å². The zero-order valence-corrected chi connectivity index (χ0v) is 8.45. The molecule has 0 radical (unpaired) electrons. The Labute approximate surface area is 81.5 Å². The molecule has 0 spiro atoms. The molecule has 0 aliphatic carbocycles. The molecule has 0 aliphatic rings. The summed E-state index contributed by atoms with van der Waals surface area (Å²) in [6, 6.07) is 0. The van der Waals surface area contributed by atoms with Crippen molar-refractivity contribution in [3.05, 3.63) is 36.5 Å². The van der Waals surface area contributed by atoms with Gasteiger partial charge in [-0.15, -0.1) is 0 Å². The van der Waals surface area contributed by atoms with Gasteiger partial charge in [0.1, 0.15) is 0 Å². The minimum Gasteiger partial charge on any atom is -0.396 e. The van der Waals surface area contributed by atoms with Crippen molar-refractivity contribution >= 4 is 0 Å². The zero-order valence-electron chi connectivity index (χ0n) is 8.45. The molecule has 0 saturated heterocycles. The van der Waals surface area contributed by atoms with Gasteiger partial charge in [-0.05, 0) is 25.7 Å². The number of hydrogen-bond donors (Lipinski definition) is 1. The standard InChI is InChI=1S/C12H20O/c1-2-3-4-5-6-7-8-9-10-11-12-13/h3-6,9-10,13H,2,7-8,11-12H2,1H3/b4-3+,6-5-,10-9-. The van der Waals surface area contributed by atoms with Crippen molar-refractivity contribution in [2.24, 2.45) is 0 Å². The Morgan fingerprint density at radius 1 is 0.846 bits per heavy atom. The van der Waals surface area contributed by atoms with Crippen LogP contribution in [0.4, 0.5) is 0 Å². The Bertz CT molecular complexity index is 166. The van der Waals surface area contributed by atoms with Crippen LogP contribution < -0.4 is 0 Å². The van der Waals surface area contributed by atoms with E-state index in [1.165, 1.54) is 0 Å². The summed E-state index contributed by atoms with van der Waals surface area (Å²) in [7, 11) is 0. The monoisotopic (exact) mass is 180 g/mol. The van der Waals surface area contributed by atoms with Gasteiger partial charge >= 0.3 is 0 Å². The third kappa shape index (κ3) is 11.2. The molecule has 13 heavy (non-hydrogen) atoms. The lowest BCUT2D eigenvalue weighted by molar-refractivity contribution is 0.302. The molecule has 74 valence electrons. The quantitative estimate of drug-likeness (QED) is 0.362. The van der Waals surface area contributed by atoms with Gasteiger partial charge in [0.2, 0.25) is 0 Å². The Morgan fingerprint density at radius 3 is 2.15 bits per heavy atom. The van der Waals surface area contributed by atoms with Crippen LogP contribution >= 0.6 is 0 Å². The lowest BCUT2D eigenvalue weighted by Gasteiger charge is -1.86. The largest absolute Gasteiger partial charge is 0.396 e. The van der Waals surface area contributed by atoms with Gasteiger partial charge in [0.05, 0.1) is 0 Å². The number of hydrogen-bond acceptors (Lipinski definition) is 1. The van der Waals surface area contributed by atoms with Crippen LogP contribution in [0.1, 0.15) is 32.6 Å². The second kappa shape index (κ2) is 11.2. The molecule has 0 aromatic heterocycles. The van der Waals surface area contributed by atoms with Crippen molar-refractivity contribution < 1.29 is 5.11 Å². The Balaban J connectivity index is 3.24. The minimum absolute atomic E-state index is 0.256. The van der Waals surface area contributed by atoms with E-state index in [0.717, 1.165) is 25.7 Å². The summed E-state index contributed by atoms with van der Waals surface area (Å²) in [6.07, 6.45) is 16.6. The number of aliphatic hydroxyl groups excluding tert-OH is 1. The van der Waals surface area contributed by atoms with E-state index in [-0.39, 0.29) is 6.61 Å². The first-order valence-electron chi connectivity index (χ1n) is 4.99. The fourth-order valence-electron chi connectivity index (χ4n) is 0.892. The second-order valence-electron chi connectivity index (χ2n) is 2.83. The molecule has 0 rings (SSSR count). The van der Waals surface area contributed by atoms with E-state index in [9.17, 15) is 0 Å². The van der Waals surface area contributed by atoms with E-state index in [2.05, 4.69) is 37.3 Å². The minimum atomic E-state index is 0.256. The summed E-state index contributed by atoms with van der Waals surface area (Å²) >= 11 is 0. The lowest BCUT2D eigenvalue weighted by atomic mass is 10.2. The number of rotatable bonds is 7. The van der Waals surface area contributed by atoms with Crippen molar-refractivity contribution in [3.63, 3.8) is 0 Å². The van der Waals surface area contributed by atoms with Crippen molar-refractivity contribution in [1.82, 2.24) is 0 Å². The molecule has 1 nitrogen and oxygen atoms in total. The van der Waals surface area contributed by atoms with E-state index >= 15 is 0 Å². The highest BCUT2D eigenvalue weighted by molar-refractivity contribution is 5.02. The van der Waals surface area contributed by atoms with Crippen LogP contribution in [0, 0.1) is 0 Å². The smallest absolute Gasteiger partial charge is 0.0465 e. The number of unbranched alkanes of at least 4 members (excludes halogenated alkanes) is 1. The van der Waals surface area contributed by atoms with Gasteiger partial charge in [0.25, 0.3) is 0 Å². The summed E-state index contributed by atoms with van der Waals surface area (Å²) in [5.74, 6) is 0. The predicted molar refractivity (Wildman–Crippen MR) is 58.6 cm³/mol. The van der Waals surface area contributed by atoms with Crippen molar-refractivity contribution in [2.45, 2.75) is 32.6 Å². The molecule has 0 fully saturated rings. The van der Waals surface area contributed by atoms with Gasteiger partial charge < -0.3 is 5.11 Å². The van der Waals surface area contributed by atoms with Crippen LogP contribution in [0.25, 0.3) is 0 Å². The highest BCUT2D eigenvalue weighted by atomic mass is 16.2. The summed E-state index contributed by atoms with van der Waals surface area (Å²) in [5, 5.41) is 8.49. The summed E-state index contributed by atoms with van der Waals surface area (Å²) in [4.78, 5) is 0. The third-order valence-electron chi connectivity index (χ3n) is 1.58. The molecule has 1 N–H and O–H groups in total. The molecule has 0 aliphatic heterocycles. The van der Waals surface area contributed by atoms with Crippen LogP contribution in [0.5, 0.6) is 0 Å². The molecule has 0 atom stereocenters. The molecule has 0 amide bonds. The average Bonchev–Trinajstić information content (AvgIpc) is 2.16. The molecule has 0 saturated carbocycles. The first-order chi connectivity index (χ1) is 6.41. The van der Waals surface area contributed by atoms with Gasteiger partial charge in [0.15, 0.2) is 0 Å². The molecule has 0 aromatic rings. The van der Waals surface area contributed by atoms with Gasteiger partial charge in [-0.1, -0.05) is 43.4 Å². The zero-order chi connectivity index (χ0) is 9.78. The highest BCUT2D eigenvalue weighted by Gasteiger charge is 1.76. The first kappa shape index (κ1) is 12.2. The van der Waals surface area contributed by atoms with E-state index in [0.29, 0.717) is 0 Å². The van der Waals surface area contributed by atoms with E-state index in [1.54, 1.807) is 0 Å². The molecule has 0 bridgehead atoms. The fraction of sp³-hybridized carbons (Fsp3) is 0.500. The van der Waals surface area contributed by atoms with Gasteiger partial charge in [0, 0.05) is 6.61 Å². The van der Waals surface area contributed by atoms with Crippen LogP contribution in [-0.4, -0.2) is 11.7 Å². The van der Waals surface area contributed by atoms with Crippen molar-refractivity contribution in [3.8, 4) is 0 Å². The topological polar surface area (TPSA) is 20.2 Å². The van der Waals surface area contributed by atoms with Crippen LogP contribution in [0.15, 0.2) is 36.5 Å². The Kier molecular flexibility index (Phi) is 10.5. The summed E-state index contributed by atoms with van der Waals surface area (Å²) in [5.41, 5.74) is 0. The molecule has 0 heterocycles. The predicted octanol–water partition coefficient (Wildman–Crippen LogP) is 3.23. The van der Waals surface area contributed by atoms with E-state index < -0.39 is 0 Å². The highest BCUT2D eigenvalue weighted by Crippen LogP contribution is 1.94. The van der Waals surface area contributed by atoms with Crippen LogP contribution in [0.2, 0.25) is 0 Å². The maximum atomic E-state index is 8.49. The number of allylic oxidation sites excluding steroid dienone is 5.